The molecule has 16 heavy (non-hydrogen) atoms. The smallest absolute Gasteiger partial charge is 0.0547 e. The van der Waals surface area contributed by atoms with Crippen molar-refractivity contribution < 1.29 is 0 Å². The van der Waals surface area contributed by atoms with E-state index in [-0.39, 0.29) is 5.41 Å². The van der Waals surface area contributed by atoms with Gasteiger partial charge in [-0.3, -0.25) is 4.98 Å². The lowest BCUT2D eigenvalue weighted by Gasteiger charge is -2.20. The summed E-state index contributed by atoms with van der Waals surface area (Å²) in [6, 6.07) is 8.04. The fourth-order valence-corrected chi connectivity index (χ4v) is 1.92. The second-order valence-corrected chi connectivity index (χ2v) is 4.96. The van der Waals surface area contributed by atoms with Crippen LogP contribution in [0.5, 0.6) is 0 Å². The van der Waals surface area contributed by atoms with Crippen molar-refractivity contribution in [1.29, 1.82) is 0 Å². The molecule has 0 unspecified atom stereocenters. The maximum Gasteiger partial charge on any atom is 0.0547 e. The van der Waals surface area contributed by atoms with Gasteiger partial charge in [0.15, 0.2) is 0 Å². The van der Waals surface area contributed by atoms with Gasteiger partial charge in [-0.25, -0.2) is 0 Å². The molecule has 1 nitrogen and oxygen atoms in total. The van der Waals surface area contributed by atoms with Crippen molar-refractivity contribution in [2.24, 2.45) is 0 Å². The van der Waals surface area contributed by atoms with Crippen molar-refractivity contribution in [3.8, 4) is 12.3 Å². The topological polar surface area (TPSA) is 12.9 Å². The molecular formula is C15H15N. The zero-order valence-corrected chi connectivity index (χ0v) is 9.91. The molecule has 1 aromatic heterocycles. The summed E-state index contributed by atoms with van der Waals surface area (Å²) in [4.78, 5) is 4.49. The van der Waals surface area contributed by atoms with E-state index >= 15 is 0 Å². The molecule has 80 valence electrons. The van der Waals surface area contributed by atoms with Crippen LogP contribution in [0.4, 0.5) is 0 Å². The minimum Gasteiger partial charge on any atom is -0.260 e. The first kappa shape index (κ1) is 10.7. The maximum atomic E-state index is 5.55. The van der Waals surface area contributed by atoms with Crippen LogP contribution in [0.25, 0.3) is 10.8 Å². The van der Waals surface area contributed by atoms with Crippen LogP contribution in [-0.4, -0.2) is 4.98 Å². The van der Waals surface area contributed by atoms with Crippen molar-refractivity contribution in [2.75, 3.05) is 0 Å². The van der Waals surface area contributed by atoms with Gasteiger partial charge in [0, 0.05) is 22.6 Å². The summed E-state index contributed by atoms with van der Waals surface area (Å²) >= 11 is 0. The molecule has 0 bridgehead atoms. The first-order valence-electron chi connectivity index (χ1n) is 5.39. The SMILES string of the molecule is C#Cc1cccc2ccnc(C(C)(C)C)c12. The highest BCUT2D eigenvalue weighted by atomic mass is 14.7. The molecule has 0 fully saturated rings. The standard InChI is InChI=1S/C15H15N/c1-5-11-7-6-8-12-9-10-16-14(13(11)12)15(2,3)4/h1,6-10H,2-4H3. The van der Waals surface area contributed by atoms with Crippen LogP contribution in [0, 0.1) is 12.3 Å². The Balaban J connectivity index is 2.91. The molecule has 0 aliphatic rings. The van der Waals surface area contributed by atoms with Gasteiger partial charge in [0.1, 0.15) is 0 Å². The van der Waals surface area contributed by atoms with Crippen molar-refractivity contribution in [2.45, 2.75) is 26.2 Å². The van der Waals surface area contributed by atoms with Gasteiger partial charge < -0.3 is 0 Å². The highest BCUT2D eigenvalue weighted by molar-refractivity contribution is 5.90. The van der Waals surface area contributed by atoms with E-state index in [2.05, 4.69) is 37.7 Å². The largest absolute Gasteiger partial charge is 0.260 e. The third-order valence-electron chi connectivity index (χ3n) is 2.66. The Labute approximate surface area is 96.5 Å². The van der Waals surface area contributed by atoms with Crippen molar-refractivity contribution in [3.63, 3.8) is 0 Å². The molecule has 1 heterocycles. The fraction of sp³-hybridized carbons (Fsp3) is 0.267. The van der Waals surface area contributed by atoms with Gasteiger partial charge in [0.2, 0.25) is 0 Å². The Morgan fingerprint density at radius 2 is 1.94 bits per heavy atom. The molecule has 0 spiro atoms. The molecule has 0 aliphatic heterocycles. The minimum atomic E-state index is 0.00641. The highest BCUT2D eigenvalue weighted by Gasteiger charge is 2.19. The first-order chi connectivity index (χ1) is 7.54. The first-order valence-corrected chi connectivity index (χ1v) is 5.39. The molecule has 0 amide bonds. The van der Waals surface area contributed by atoms with Crippen LogP contribution in [0.1, 0.15) is 32.0 Å². The summed E-state index contributed by atoms with van der Waals surface area (Å²) in [5.74, 6) is 2.74. The van der Waals surface area contributed by atoms with Gasteiger partial charge in [-0.1, -0.05) is 38.8 Å². The lowest BCUT2D eigenvalue weighted by atomic mass is 9.87. The molecule has 2 aromatic rings. The minimum absolute atomic E-state index is 0.00641. The van der Waals surface area contributed by atoms with Crippen LogP contribution in [0.15, 0.2) is 30.5 Å². The average Bonchev–Trinajstić information content (AvgIpc) is 2.26. The summed E-state index contributed by atoms with van der Waals surface area (Å²) in [5, 5.41) is 2.27. The van der Waals surface area contributed by atoms with E-state index < -0.39 is 0 Å². The number of rotatable bonds is 0. The molecule has 0 saturated heterocycles. The maximum absolute atomic E-state index is 5.55. The normalized spacial score (nSPS) is 11.4. The monoisotopic (exact) mass is 209 g/mol. The number of hydrogen-bond donors (Lipinski definition) is 0. The van der Waals surface area contributed by atoms with Gasteiger partial charge in [-0.2, -0.15) is 0 Å². The van der Waals surface area contributed by atoms with E-state index in [1.54, 1.807) is 0 Å². The van der Waals surface area contributed by atoms with Gasteiger partial charge in [0.05, 0.1) is 5.69 Å². The van der Waals surface area contributed by atoms with Gasteiger partial charge in [-0.05, 0) is 17.5 Å². The molecular weight excluding hydrogens is 194 g/mol. The summed E-state index contributed by atoms with van der Waals surface area (Å²) < 4.78 is 0. The van der Waals surface area contributed by atoms with Gasteiger partial charge in [-0.15, -0.1) is 6.42 Å². The van der Waals surface area contributed by atoms with Crippen molar-refractivity contribution >= 4 is 10.8 Å². The number of nitrogens with zero attached hydrogens (tertiary/aromatic N) is 1. The molecule has 0 radical (unpaired) electrons. The summed E-state index contributed by atoms with van der Waals surface area (Å²) in [6.07, 6.45) is 7.40. The summed E-state index contributed by atoms with van der Waals surface area (Å²) in [6.45, 7) is 6.46. The second-order valence-electron chi connectivity index (χ2n) is 4.96. The number of aromatic nitrogens is 1. The molecule has 0 N–H and O–H groups in total. The quantitative estimate of drug-likeness (QED) is 0.605. The van der Waals surface area contributed by atoms with Crippen LogP contribution in [-0.2, 0) is 5.41 Å². The van der Waals surface area contributed by atoms with Crippen molar-refractivity contribution in [1.82, 2.24) is 4.98 Å². The van der Waals surface area contributed by atoms with Gasteiger partial charge >= 0.3 is 0 Å². The zero-order chi connectivity index (χ0) is 11.8. The van der Waals surface area contributed by atoms with Gasteiger partial charge in [0.25, 0.3) is 0 Å². The van der Waals surface area contributed by atoms with E-state index in [0.29, 0.717) is 0 Å². The number of pyridine rings is 1. The Hall–Kier alpha value is -1.81. The van der Waals surface area contributed by atoms with E-state index in [4.69, 9.17) is 6.42 Å². The predicted molar refractivity (Wildman–Crippen MR) is 68.4 cm³/mol. The lowest BCUT2D eigenvalue weighted by molar-refractivity contribution is 0.575. The Morgan fingerprint density at radius 3 is 2.56 bits per heavy atom. The zero-order valence-electron chi connectivity index (χ0n) is 9.91. The van der Waals surface area contributed by atoms with Crippen LogP contribution in [0.3, 0.4) is 0 Å². The highest BCUT2D eigenvalue weighted by Crippen LogP contribution is 2.29. The molecule has 1 aromatic carbocycles. The number of fused-ring (bicyclic) bond motifs is 1. The van der Waals surface area contributed by atoms with E-state index in [1.165, 1.54) is 0 Å². The summed E-state index contributed by atoms with van der Waals surface area (Å²) in [5.41, 5.74) is 2.00. The summed E-state index contributed by atoms with van der Waals surface area (Å²) in [7, 11) is 0. The molecule has 0 atom stereocenters. The molecule has 0 saturated carbocycles. The van der Waals surface area contributed by atoms with E-state index in [1.807, 2.05) is 24.4 Å². The number of hydrogen-bond acceptors (Lipinski definition) is 1. The van der Waals surface area contributed by atoms with Crippen LogP contribution < -0.4 is 0 Å². The van der Waals surface area contributed by atoms with E-state index in [0.717, 1.165) is 22.0 Å². The Bertz CT molecular complexity index is 563. The number of terminal acetylenes is 1. The Morgan fingerprint density at radius 1 is 1.19 bits per heavy atom. The average molecular weight is 209 g/mol. The Kier molecular flexibility index (Phi) is 2.44. The van der Waals surface area contributed by atoms with Crippen molar-refractivity contribution in [3.05, 3.63) is 41.7 Å². The second kappa shape index (κ2) is 3.64. The van der Waals surface area contributed by atoms with E-state index in [9.17, 15) is 0 Å². The molecule has 2 rings (SSSR count). The number of benzene rings is 1. The molecule has 0 aliphatic carbocycles. The third-order valence-corrected chi connectivity index (χ3v) is 2.66. The predicted octanol–water partition coefficient (Wildman–Crippen LogP) is 3.51. The fourth-order valence-electron chi connectivity index (χ4n) is 1.92. The molecule has 1 heteroatoms. The van der Waals surface area contributed by atoms with Crippen LogP contribution >= 0.6 is 0 Å². The van der Waals surface area contributed by atoms with Crippen LogP contribution in [0.2, 0.25) is 0 Å². The lowest BCUT2D eigenvalue weighted by Crippen LogP contribution is -2.14. The third kappa shape index (κ3) is 1.67.